The van der Waals surface area contributed by atoms with Crippen molar-refractivity contribution in [1.82, 2.24) is 0 Å². The molecule has 0 bridgehead atoms. The highest BCUT2D eigenvalue weighted by molar-refractivity contribution is 6.23. The van der Waals surface area contributed by atoms with Crippen LogP contribution in [0.1, 0.15) is 102 Å². The van der Waals surface area contributed by atoms with Crippen LogP contribution in [0.25, 0.3) is 55.0 Å². The van der Waals surface area contributed by atoms with E-state index in [1.165, 1.54) is 121 Å². The smallest absolute Gasteiger partial charge is 0.139 e. The Morgan fingerprint density at radius 3 is 1.29 bits per heavy atom. The Kier molecular flexibility index (Phi) is 7.58. The van der Waals surface area contributed by atoms with Gasteiger partial charge in [-0.25, -0.2) is 0 Å². The topological polar surface area (TPSA) is 26.3 Å². The molecular weight excluding hydrogens is 464 g/mol. The summed E-state index contributed by atoms with van der Waals surface area (Å²) in [6.45, 7) is 4.56. The molecule has 0 aromatic heterocycles. The number of unbranched alkanes of at least 4 members (excludes halogenated alkanes) is 10. The van der Waals surface area contributed by atoms with Crippen LogP contribution in [0, 0.1) is 0 Å². The predicted octanol–water partition coefficient (Wildman–Crippen LogP) is 11.8. The molecule has 38 heavy (non-hydrogen) atoms. The minimum absolute atomic E-state index is 0.982. The van der Waals surface area contributed by atoms with E-state index in [1.54, 1.807) is 0 Å². The third kappa shape index (κ3) is 4.68. The zero-order chi connectivity index (χ0) is 25.9. The van der Waals surface area contributed by atoms with Crippen LogP contribution in [-0.4, -0.2) is 0 Å². The van der Waals surface area contributed by atoms with Crippen molar-refractivity contribution in [1.29, 1.82) is 0 Å². The maximum absolute atomic E-state index is 6.79. The van der Waals surface area contributed by atoms with E-state index in [0.29, 0.717) is 0 Å². The van der Waals surface area contributed by atoms with Crippen molar-refractivity contribution in [3.8, 4) is 11.1 Å². The second-order valence-corrected chi connectivity index (χ2v) is 11.4. The third-order valence-electron chi connectivity index (χ3n) is 8.64. The van der Waals surface area contributed by atoms with Gasteiger partial charge in [0.1, 0.15) is 22.3 Å². The SMILES string of the molecule is CCCCCCCCc1ccc2ccc3oc4c(CCCCCCCC)ccc5ccc6oc1c2c3-c6c54. The summed E-state index contributed by atoms with van der Waals surface area (Å²) >= 11 is 0. The highest BCUT2D eigenvalue weighted by Crippen LogP contribution is 2.49. The molecule has 2 heteroatoms. The first-order chi connectivity index (χ1) is 18.8. The van der Waals surface area contributed by atoms with E-state index in [2.05, 4.69) is 62.4 Å². The lowest BCUT2D eigenvalue weighted by molar-refractivity contribution is 0.601. The second kappa shape index (κ2) is 11.4. The van der Waals surface area contributed by atoms with Gasteiger partial charge in [-0.05, 0) is 59.7 Å². The summed E-state index contributed by atoms with van der Waals surface area (Å²) in [6, 6.07) is 17.9. The van der Waals surface area contributed by atoms with E-state index in [4.69, 9.17) is 8.83 Å². The summed E-state index contributed by atoms with van der Waals surface area (Å²) in [5.74, 6) is 0. The second-order valence-electron chi connectivity index (χ2n) is 11.4. The molecule has 198 valence electrons. The lowest BCUT2D eigenvalue weighted by Gasteiger charge is -2.21. The Morgan fingerprint density at radius 1 is 0.447 bits per heavy atom. The van der Waals surface area contributed by atoms with E-state index < -0.39 is 0 Å². The van der Waals surface area contributed by atoms with Gasteiger partial charge in [0, 0.05) is 21.9 Å². The van der Waals surface area contributed by atoms with Crippen molar-refractivity contribution >= 4 is 43.9 Å². The van der Waals surface area contributed by atoms with Crippen molar-refractivity contribution in [2.24, 2.45) is 0 Å². The molecule has 0 spiro atoms. The van der Waals surface area contributed by atoms with Gasteiger partial charge in [0.05, 0.1) is 0 Å². The van der Waals surface area contributed by atoms with Gasteiger partial charge in [0.25, 0.3) is 0 Å². The molecule has 0 N–H and O–H groups in total. The number of benzene rings is 4. The van der Waals surface area contributed by atoms with Gasteiger partial charge in [-0.1, -0.05) is 114 Å². The van der Waals surface area contributed by atoms with Gasteiger partial charge in [0.15, 0.2) is 0 Å². The Labute approximate surface area is 227 Å². The Hall–Kier alpha value is -3.00. The van der Waals surface area contributed by atoms with Crippen LogP contribution in [0.5, 0.6) is 0 Å². The summed E-state index contributed by atoms with van der Waals surface area (Å²) in [5, 5.41) is 4.95. The first kappa shape index (κ1) is 25.3. The Balaban J connectivity index is 1.40. The molecule has 0 fully saturated rings. The molecule has 0 unspecified atom stereocenters. The molecule has 0 saturated carbocycles. The standard InChI is InChI=1S/C36H42O2/c1-3-5-7-9-11-13-15-27-19-17-25-21-24-30-33-31(25)35(27)37-29-23-22-26-18-20-28(16-14-12-10-8-6-4-2)36(38-30)32(26)34(29)33/h17-24H,3-16H2,1-2H3. The monoisotopic (exact) mass is 506 g/mol. The summed E-state index contributed by atoms with van der Waals surface area (Å²) in [4.78, 5) is 0. The quantitative estimate of drug-likeness (QED) is 0.0834. The molecule has 6 rings (SSSR count). The number of aryl methyl sites for hydroxylation is 2. The van der Waals surface area contributed by atoms with Crippen molar-refractivity contribution in [3.63, 3.8) is 0 Å². The average Bonchev–Trinajstić information content (AvgIpc) is 2.95. The molecule has 4 aromatic rings. The van der Waals surface area contributed by atoms with Crippen LogP contribution in [-0.2, 0) is 12.8 Å². The van der Waals surface area contributed by atoms with Crippen molar-refractivity contribution < 1.29 is 8.83 Å². The van der Waals surface area contributed by atoms with Crippen molar-refractivity contribution in [3.05, 3.63) is 59.7 Å². The van der Waals surface area contributed by atoms with Crippen LogP contribution in [0.2, 0.25) is 0 Å². The number of hydrogen-bond donors (Lipinski definition) is 0. The minimum atomic E-state index is 0.982. The maximum atomic E-state index is 6.79. The molecule has 2 aliphatic heterocycles. The normalized spacial score (nSPS) is 12.4. The summed E-state index contributed by atoms with van der Waals surface area (Å²) in [5.41, 5.74) is 9.19. The fraction of sp³-hybridized carbons (Fsp3) is 0.444. The van der Waals surface area contributed by atoms with E-state index in [9.17, 15) is 0 Å². The van der Waals surface area contributed by atoms with Crippen LogP contribution in [0.3, 0.4) is 0 Å². The average molecular weight is 507 g/mol. The van der Waals surface area contributed by atoms with Gasteiger partial charge < -0.3 is 8.83 Å². The molecule has 4 aromatic carbocycles. The molecule has 0 amide bonds. The summed E-state index contributed by atoms with van der Waals surface area (Å²) in [7, 11) is 0. The van der Waals surface area contributed by atoms with Gasteiger partial charge in [-0.15, -0.1) is 0 Å². The highest BCUT2D eigenvalue weighted by atomic mass is 16.3. The van der Waals surface area contributed by atoms with Crippen LogP contribution in [0.4, 0.5) is 0 Å². The summed E-state index contributed by atoms with van der Waals surface area (Å²) < 4.78 is 13.6. The van der Waals surface area contributed by atoms with Crippen LogP contribution < -0.4 is 0 Å². The van der Waals surface area contributed by atoms with E-state index in [0.717, 1.165) is 35.2 Å². The molecule has 2 aliphatic rings. The van der Waals surface area contributed by atoms with E-state index >= 15 is 0 Å². The molecule has 0 atom stereocenters. The van der Waals surface area contributed by atoms with Crippen LogP contribution in [0.15, 0.2) is 57.4 Å². The maximum Gasteiger partial charge on any atom is 0.139 e. The number of hydrogen-bond acceptors (Lipinski definition) is 2. The lowest BCUT2D eigenvalue weighted by atomic mass is 9.87. The Morgan fingerprint density at radius 2 is 0.842 bits per heavy atom. The molecular formula is C36H42O2. The van der Waals surface area contributed by atoms with E-state index in [-0.39, 0.29) is 0 Å². The first-order valence-corrected chi connectivity index (χ1v) is 15.3. The molecule has 2 nitrogen and oxygen atoms in total. The fourth-order valence-electron chi connectivity index (χ4n) is 6.52. The Bertz CT molecular complexity index is 1480. The van der Waals surface area contributed by atoms with Crippen molar-refractivity contribution in [2.75, 3.05) is 0 Å². The first-order valence-electron chi connectivity index (χ1n) is 15.3. The minimum Gasteiger partial charge on any atom is -0.456 e. The lowest BCUT2D eigenvalue weighted by Crippen LogP contribution is -1.98. The number of rotatable bonds is 14. The van der Waals surface area contributed by atoms with Gasteiger partial charge in [-0.2, -0.15) is 0 Å². The molecule has 0 saturated heterocycles. The predicted molar refractivity (Wildman–Crippen MR) is 163 cm³/mol. The zero-order valence-corrected chi connectivity index (χ0v) is 23.3. The van der Waals surface area contributed by atoms with E-state index in [1.807, 2.05) is 0 Å². The molecule has 0 radical (unpaired) electrons. The van der Waals surface area contributed by atoms with Gasteiger partial charge in [0.2, 0.25) is 0 Å². The fourth-order valence-corrected chi connectivity index (χ4v) is 6.52. The molecule has 0 aliphatic carbocycles. The summed E-state index contributed by atoms with van der Waals surface area (Å²) in [6.07, 6.45) is 17.8. The van der Waals surface area contributed by atoms with Gasteiger partial charge >= 0.3 is 0 Å². The van der Waals surface area contributed by atoms with Crippen molar-refractivity contribution in [2.45, 2.75) is 104 Å². The zero-order valence-electron chi connectivity index (χ0n) is 23.3. The molecule has 2 heterocycles. The van der Waals surface area contributed by atoms with Crippen LogP contribution >= 0.6 is 0 Å². The third-order valence-corrected chi connectivity index (χ3v) is 8.64. The van der Waals surface area contributed by atoms with Gasteiger partial charge in [-0.3, -0.25) is 0 Å². The highest BCUT2D eigenvalue weighted by Gasteiger charge is 2.26. The largest absolute Gasteiger partial charge is 0.456 e.